The van der Waals surface area contributed by atoms with Crippen LogP contribution in [-0.4, -0.2) is 54.5 Å². The molecule has 0 spiro atoms. The summed E-state index contributed by atoms with van der Waals surface area (Å²) in [5, 5.41) is 11.1. The molecule has 0 saturated carbocycles. The Bertz CT molecular complexity index is 1060. The van der Waals surface area contributed by atoms with Crippen LogP contribution < -0.4 is 9.47 Å². The maximum Gasteiger partial charge on any atom is 0.308 e. The number of Topliss-reactive ketones (excluding diaryl/α,β-unsaturated/α-hetero) is 1. The third-order valence-corrected chi connectivity index (χ3v) is 5.16. The van der Waals surface area contributed by atoms with Gasteiger partial charge in [-0.15, -0.1) is 0 Å². The van der Waals surface area contributed by atoms with Gasteiger partial charge in [0.2, 0.25) is 0 Å². The third-order valence-electron chi connectivity index (χ3n) is 5.16. The molecule has 1 unspecified atom stereocenters. The lowest BCUT2D eigenvalue weighted by Gasteiger charge is -2.25. The first-order chi connectivity index (χ1) is 15.9. The number of hydrogen-bond donors (Lipinski definition) is 1. The molecule has 1 fully saturated rings. The molecule has 0 radical (unpaired) electrons. The number of ketones is 1. The van der Waals surface area contributed by atoms with Crippen LogP contribution in [0.15, 0.2) is 54.1 Å². The van der Waals surface area contributed by atoms with Gasteiger partial charge in [-0.25, -0.2) is 0 Å². The fraction of sp³-hybridized carbons (Fsp3) is 0.320. The van der Waals surface area contributed by atoms with E-state index in [4.69, 9.17) is 14.2 Å². The van der Waals surface area contributed by atoms with Crippen molar-refractivity contribution >= 4 is 23.4 Å². The summed E-state index contributed by atoms with van der Waals surface area (Å²) in [5.41, 5.74) is 0.966. The number of rotatable bonds is 9. The number of aliphatic hydroxyl groups excluding tert-OH is 1. The van der Waals surface area contributed by atoms with Gasteiger partial charge in [0.1, 0.15) is 17.3 Å². The van der Waals surface area contributed by atoms with E-state index in [1.54, 1.807) is 55.6 Å². The molecule has 1 aliphatic rings. The van der Waals surface area contributed by atoms with Gasteiger partial charge in [0.25, 0.3) is 11.7 Å². The second-order valence-electron chi connectivity index (χ2n) is 7.46. The van der Waals surface area contributed by atoms with Crippen molar-refractivity contribution in [3.05, 3.63) is 65.2 Å². The molecule has 2 aromatic carbocycles. The average molecular weight is 453 g/mol. The topological polar surface area (TPSA) is 102 Å². The molecule has 0 aliphatic carbocycles. The van der Waals surface area contributed by atoms with Gasteiger partial charge in [0.05, 0.1) is 18.2 Å². The van der Waals surface area contributed by atoms with E-state index in [1.807, 2.05) is 6.92 Å². The summed E-state index contributed by atoms with van der Waals surface area (Å²) in [6, 6.07) is 12.4. The van der Waals surface area contributed by atoms with Crippen molar-refractivity contribution in [3.8, 4) is 11.5 Å². The number of carbonyl (C=O) groups excluding carboxylic acids is 3. The number of aliphatic hydroxyl groups is 1. The van der Waals surface area contributed by atoms with Crippen LogP contribution in [0.5, 0.6) is 11.5 Å². The minimum Gasteiger partial charge on any atom is -0.507 e. The Morgan fingerprint density at radius 1 is 1.09 bits per heavy atom. The summed E-state index contributed by atoms with van der Waals surface area (Å²) in [4.78, 5) is 38.6. The molecule has 1 aliphatic heterocycles. The minimum absolute atomic E-state index is 0.00805. The van der Waals surface area contributed by atoms with Crippen LogP contribution in [0.2, 0.25) is 0 Å². The van der Waals surface area contributed by atoms with Crippen molar-refractivity contribution in [1.29, 1.82) is 0 Å². The first kappa shape index (κ1) is 24.0. The molecule has 3 rings (SSSR count). The summed E-state index contributed by atoms with van der Waals surface area (Å²) >= 11 is 0. The van der Waals surface area contributed by atoms with Crippen molar-refractivity contribution in [2.75, 3.05) is 26.9 Å². The molecule has 1 heterocycles. The number of hydrogen-bond acceptors (Lipinski definition) is 7. The number of benzene rings is 2. The quantitative estimate of drug-likeness (QED) is 0.155. The molecule has 1 atom stereocenters. The van der Waals surface area contributed by atoms with E-state index in [0.29, 0.717) is 42.3 Å². The largest absolute Gasteiger partial charge is 0.507 e. The molecule has 1 saturated heterocycles. The zero-order chi connectivity index (χ0) is 24.0. The summed E-state index contributed by atoms with van der Waals surface area (Å²) in [5.74, 6) is -1.31. The van der Waals surface area contributed by atoms with Crippen LogP contribution in [-0.2, 0) is 19.1 Å². The van der Waals surface area contributed by atoms with Gasteiger partial charge in [0, 0.05) is 32.7 Å². The third kappa shape index (κ3) is 5.40. The van der Waals surface area contributed by atoms with Crippen LogP contribution in [0.3, 0.4) is 0 Å². The zero-order valence-corrected chi connectivity index (χ0v) is 18.9. The van der Waals surface area contributed by atoms with Crippen molar-refractivity contribution in [3.63, 3.8) is 0 Å². The van der Waals surface area contributed by atoms with Crippen molar-refractivity contribution in [1.82, 2.24) is 4.90 Å². The summed E-state index contributed by atoms with van der Waals surface area (Å²) in [7, 11) is 1.56. The Labute approximate surface area is 192 Å². The Hall–Kier alpha value is -3.65. The maximum atomic E-state index is 13.0. The summed E-state index contributed by atoms with van der Waals surface area (Å²) in [6.45, 7) is 4.28. The number of likely N-dealkylation sites (tertiary alicyclic amines) is 1. The number of ether oxygens (including phenoxy) is 3. The smallest absolute Gasteiger partial charge is 0.308 e. The first-order valence-corrected chi connectivity index (χ1v) is 10.7. The molecular formula is C25H27NO7. The minimum atomic E-state index is -0.802. The molecule has 8 nitrogen and oxygen atoms in total. The van der Waals surface area contributed by atoms with Crippen LogP contribution in [0.1, 0.15) is 37.4 Å². The van der Waals surface area contributed by atoms with Gasteiger partial charge in [-0.3, -0.25) is 14.4 Å². The van der Waals surface area contributed by atoms with Gasteiger partial charge in [-0.2, -0.15) is 0 Å². The summed E-state index contributed by atoms with van der Waals surface area (Å²) in [6.07, 6.45) is 0.519. The number of esters is 1. The van der Waals surface area contributed by atoms with E-state index in [1.165, 1.54) is 11.8 Å². The number of nitrogens with zero attached hydrogens (tertiary/aromatic N) is 1. The Balaban J connectivity index is 2.08. The van der Waals surface area contributed by atoms with E-state index in [0.717, 1.165) is 0 Å². The fourth-order valence-electron chi connectivity index (χ4n) is 3.78. The Morgan fingerprint density at radius 3 is 2.45 bits per heavy atom. The molecule has 0 bridgehead atoms. The number of methoxy groups -OCH3 is 1. The first-order valence-electron chi connectivity index (χ1n) is 10.7. The van der Waals surface area contributed by atoms with Crippen LogP contribution in [0, 0.1) is 0 Å². The molecule has 174 valence electrons. The van der Waals surface area contributed by atoms with Crippen molar-refractivity contribution < 1.29 is 33.7 Å². The van der Waals surface area contributed by atoms with E-state index >= 15 is 0 Å². The van der Waals surface area contributed by atoms with Gasteiger partial charge in [-0.1, -0.05) is 24.3 Å². The van der Waals surface area contributed by atoms with Crippen molar-refractivity contribution in [2.24, 2.45) is 0 Å². The highest BCUT2D eigenvalue weighted by atomic mass is 16.5. The lowest BCUT2D eigenvalue weighted by molar-refractivity contribution is -0.140. The van der Waals surface area contributed by atoms with Gasteiger partial charge in [0.15, 0.2) is 0 Å². The fourth-order valence-corrected chi connectivity index (χ4v) is 3.78. The molecule has 8 heteroatoms. The molecule has 33 heavy (non-hydrogen) atoms. The lowest BCUT2D eigenvalue weighted by Crippen LogP contribution is -2.31. The highest BCUT2D eigenvalue weighted by Gasteiger charge is 2.45. The SMILES string of the molecule is CCOc1cccc(/C(O)=C2/C(=O)C(=O)N(CCCOC)C2c2ccc(OC(C)=O)cc2)c1. The van der Waals surface area contributed by atoms with E-state index < -0.39 is 23.7 Å². The predicted octanol–water partition coefficient (Wildman–Crippen LogP) is 3.47. The Morgan fingerprint density at radius 2 is 1.82 bits per heavy atom. The highest BCUT2D eigenvalue weighted by molar-refractivity contribution is 6.46. The summed E-state index contributed by atoms with van der Waals surface area (Å²) < 4.78 is 15.7. The van der Waals surface area contributed by atoms with Crippen LogP contribution in [0.4, 0.5) is 0 Å². The molecule has 2 aromatic rings. The molecule has 1 N–H and O–H groups in total. The number of amides is 1. The Kier molecular flexibility index (Phi) is 7.84. The molecule has 1 amide bonds. The highest BCUT2D eigenvalue weighted by Crippen LogP contribution is 2.40. The molecular weight excluding hydrogens is 426 g/mol. The van der Waals surface area contributed by atoms with Gasteiger partial charge >= 0.3 is 5.97 Å². The van der Waals surface area contributed by atoms with Gasteiger partial charge < -0.3 is 24.2 Å². The normalized spacial score (nSPS) is 17.3. The van der Waals surface area contributed by atoms with E-state index in [2.05, 4.69) is 0 Å². The predicted molar refractivity (Wildman–Crippen MR) is 121 cm³/mol. The van der Waals surface area contributed by atoms with E-state index in [-0.39, 0.29) is 17.9 Å². The second-order valence-corrected chi connectivity index (χ2v) is 7.46. The zero-order valence-electron chi connectivity index (χ0n) is 18.9. The van der Waals surface area contributed by atoms with Crippen LogP contribution >= 0.6 is 0 Å². The van der Waals surface area contributed by atoms with E-state index in [9.17, 15) is 19.5 Å². The van der Waals surface area contributed by atoms with Gasteiger partial charge in [-0.05, 0) is 43.2 Å². The monoisotopic (exact) mass is 453 g/mol. The maximum absolute atomic E-state index is 13.0. The van der Waals surface area contributed by atoms with Crippen LogP contribution in [0.25, 0.3) is 5.76 Å². The van der Waals surface area contributed by atoms with Crippen molar-refractivity contribution in [2.45, 2.75) is 26.3 Å². The molecule has 0 aromatic heterocycles. The second kappa shape index (κ2) is 10.8. The lowest BCUT2D eigenvalue weighted by atomic mass is 9.95. The number of carbonyl (C=O) groups is 3. The standard InChI is InChI=1S/C25H27NO7/c1-4-32-20-8-5-7-18(15-20)23(28)21-22(17-9-11-19(12-10-17)33-16(2)27)26(13-6-14-31-3)25(30)24(21)29/h5,7-12,15,22,28H,4,6,13-14H2,1-3H3/b23-21-. The average Bonchev–Trinajstić information content (AvgIpc) is 3.04.